The molecule has 0 spiro atoms. The van der Waals surface area contributed by atoms with Crippen LogP contribution in [0.15, 0.2) is 0 Å². The Hall–Kier alpha value is 0.656. The molecule has 20 heavy (non-hydrogen) atoms. The molecule has 0 saturated carbocycles. The molecular formula is C13H20KN3OS2. The second-order valence-corrected chi connectivity index (χ2v) is 5.66. The van der Waals surface area contributed by atoms with Gasteiger partial charge < -0.3 is 17.5 Å². The third-order valence-electron chi connectivity index (χ3n) is 3.23. The number of thiocyanates is 2. The van der Waals surface area contributed by atoms with Crippen molar-refractivity contribution in [1.29, 1.82) is 10.5 Å². The quantitative estimate of drug-likeness (QED) is 0.376. The Balaban J connectivity index is 0. The summed E-state index contributed by atoms with van der Waals surface area (Å²) in [5, 5.41) is 18.8. The third kappa shape index (κ3) is 8.19. The van der Waals surface area contributed by atoms with Gasteiger partial charge in [-0.15, -0.1) is 0 Å². The van der Waals surface area contributed by atoms with E-state index in [4.69, 9.17) is 10.5 Å². The predicted molar refractivity (Wildman–Crippen MR) is 79.9 cm³/mol. The maximum atomic E-state index is 11.6. The van der Waals surface area contributed by atoms with Crippen LogP contribution < -0.4 is 51.4 Å². The van der Waals surface area contributed by atoms with E-state index in [0.29, 0.717) is 11.2 Å². The monoisotopic (exact) mass is 337 g/mol. The molecule has 1 amide bonds. The molecule has 0 aliphatic carbocycles. The first-order valence-electron chi connectivity index (χ1n) is 6.39. The third-order valence-corrected chi connectivity index (χ3v) is 3.75. The topological polar surface area (TPSA) is 67.9 Å². The Labute approximate surface area is 174 Å². The summed E-state index contributed by atoms with van der Waals surface area (Å²) >= 11 is 4.73. The Morgan fingerprint density at radius 3 is 2.10 bits per heavy atom. The summed E-state index contributed by atoms with van der Waals surface area (Å²) in [5.41, 5.74) is 0.385. The van der Waals surface area contributed by atoms with Crippen molar-refractivity contribution in [3.63, 3.8) is 0 Å². The van der Waals surface area contributed by atoms with Crippen LogP contribution in [0.25, 0.3) is 0 Å². The van der Waals surface area contributed by atoms with E-state index >= 15 is 0 Å². The number of likely N-dealkylation sites (tertiary alicyclic amines) is 1. The van der Waals surface area contributed by atoms with Crippen molar-refractivity contribution in [2.45, 2.75) is 39.5 Å². The average Bonchev–Trinajstić information content (AvgIpc) is 2.33. The van der Waals surface area contributed by atoms with Gasteiger partial charge in [0, 0.05) is 18.5 Å². The summed E-state index contributed by atoms with van der Waals surface area (Å²) in [7, 11) is 0. The summed E-state index contributed by atoms with van der Waals surface area (Å²) in [4.78, 5) is 13.5. The van der Waals surface area contributed by atoms with Gasteiger partial charge in [-0.1, -0.05) is 32.1 Å². The molecule has 1 fully saturated rings. The van der Waals surface area contributed by atoms with Gasteiger partial charge in [-0.3, -0.25) is 4.79 Å². The maximum absolute atomic E-state index is 11.6. The summed E-state index contributed by atoms with van der Waals surface area (Å²) in [6, 6.07) is 0. The molecule has 0 radical (unpaired) electrons. The van der Waals surface area contributed by atoms with Gasteiger partial charge in [0.1, 0.15) is 5.40 Å². The van der Waals surface area contributed by atoms with Crippen LogP contribution in [0.4, 0.5) is 0 Å². The van der Waals surface area contributed by atoms with E-state index in [1.165, 1.54) is 31.1 Å². The second kappa shape index (κ2) is 13.3. The van der Waals surface area contributed by atoms with Crippen molar-refractivity contribution < 1.29 is 56.2 Å². The second-order valence-electron chi connectivity index (χ2n) is 4.72. The largest absolute Gasteiger partial charge is 1.00 e. The van der Waals surface area contributed by atoms with Gasteiger partial charge in [0.2, 0.25) is 5.91 Å². The summed E-state index contributed by atoms with van der Waals surface area (Å²) in [6.45, 7) is 6.21. The molecule has 1 aliphatic heterocycles. The number of nitrogens with zero attached hydrogens (tertiary/aromatic N) is 3. The fraction of sp³-hybridized carbons (Fsp3) is 0.769. The molecule has 4 nitrogen and oxygen atoms in total. The molecule has 1 rings (SSSR count). The zero-order chi connectivity index (χ0) is 14.7. The van der Waals surface area contributed by atoms with Crippen molar-refractivity contribution in [2.75, 3.05) is 18.8 Å². The predicted octanol–water partition coefficient (Wildman–Crippen LogP) is -0.352. The summed E-state index contributed by atoms with van der Waals surface area (Å²) in [6.07, 6.45) is 4.82. The van der Waals surface area contributed by atoms with Crippen LogP contribution in [0.2, 0.25) is 0 Å². The van der Waals surface area contributed by atoms with E-state index in [0.717, 1.165) is 24.9 Å². The van der Waals surface area contributed by atoms with Crippen molar-refractivity contribution >= 4 is 30.3 Å². The first kappa shape index (κ1) is 22.9. The Bertz CT molecular complexity index is 352. The Kier molecular flexibility index (Phi) is 15.3. The molecule has 0 aromatic rings. The number of carbonyl (C=O) groups is 1. The number of nitriles is 2. The molecule has 0 N–H and O–H groups in total. The van der Waals surface area contributed by atoms with Gasteiger partial charge in [0.15, 0.2) is 0 Å². The van der Waals surface area contributed by atoms with Crippen molar-refractivity contribution in [1.82, 2.24) is 4.90 Å². The number of thioether (sulfide) groups is 1. The minimum Gasteiger partial charge on any atom is -0.696 e. The van der Waals surface area contributed by atoms with E-state index < -0.39 is 0 Å². The molecule has 1 heterocycles. The van der Waals surface area contributed by atoms with Crippen LogP contribution >= 0.6 is 11.8 Å². The fourth-order valence-electron chi connectivity index (χ4n) is 2.63. The van der Waals surface area contributed by atoms with Gasteiger partial charge >= 0.3 is 51.4 Å². The van der Waals surface area contributed by atoms with E-state index in [1.54, 1.807) is 0 Å². The van der Waals surface area contributed by atoms with E-state index in [9.17, 15) is 4.79 Å². The molecule has 0 unspecified atom stereocenters. The van der Waals surface area contributed by atoms with Crippen LogP contribution in [0.1, 0.15) is 39.5 Å². The molecule has 106 valence electrons. The first-order valence-corrected chi connectivity index (χ1v) is 7.78. The number of hydrogen-bond donors (Lipinski definition) is 0. The molecule has 1 saturated heterocycles. The van der Waals surface area contributed by atoms with E-state index in [1.807, 2.05) is 10.3 Å². The SMILES string of the molecule is CCCC1(CCC)CN(C(=O)CSC#N)C1.N#C[S-].[K+]. The number of rotatable bonds is 6. The molecule has 1 aliphatic rings. The molecule has 7 heteroatoms. The van der Waals surface area contributed by atoms with Crippen LogP contribution in [0.5, 0.6) is 0 Å². The van der Waals surface area contributed by atoms with Gasteiger partial charge in [-0.25, -0.2) is 5.26 Å². The average molecular weight is 338 g/mol. The smallest absolute Gasteiger partial charge is 0.696 e. The van der Waals surface area contributed by atoms with Gasteiger partial charge in [0.05, 0.1) is 5.75 Å². The summed E-state index contributed by atoms with van der Waals surface area (Å²) in [5.74, 6) is 0.430. The molecule has 0 atom stereocenters. The molecular weight excluding hydrogens is 317 g/mol. The zero-order valence-corrected chi connectivity index (χ0v) is 17.3. The van der Waals surface area contributed by atoms with Crippen LogP contribution in [-0.2, 0) is 17.4 Å². The van der Waals surface area contributed by atoms with Crippen LogP contribution in [-0.4, -0.2) is 29.6 Å². The molecule has 0 aromatic heterocycles. The number of carbonyl (C=O) groups excluding carboxylic acids is 1. The van der Waals surface area contributed by atoms with Crippen LogP contribution in [0.3, 0.4) is 0 Å². The standard InChI is InChI=1S/C12H20N2OS.CHNS.K/c1-3-5-12(6-4-2)8-14(9-12)11(15)7-16-10-13;2-1-3;/h3-9H2,1-2H3;3H;/q;;+1/p-1. The number of amides is 1. The van der Waals surface area contributed by atoms with Gasteiger partial charge in [-0.05, 0) is 24.6 Å². The molecule has 0 bridgehead atoms. The summed E-state index contributed by atoms with van der Waals surface area (Å²) < 4.78 is 0. The minimum absolute atomic E-state index is 0. The normalized spacial score (nSPS) is 14.5. The Morgan fingerprint density at radius 1 is 1.30 bits per heavy atom. The van der Waals surface area contributed by atoms with Crippen molar-refractivity contribution in [3.8, 4) is 10.8 Å². The van der Waals surface area contributed by atoms with Crippen molar-refractivity contribution in [2.24, 2.45) is 5.41 Å². The van der Waals surface area contributed by atoms with E-state index in [-0.39, 0.29) is 57.3 Å². The Morgan fingerprint density at radius 2 is 1.75 bits per heavy atom. The van der Waals surface area contributed by atoms with Gasteiger partial charge in [0.25, 0.3) is 0 Å². The zero-order valence-electron chi connectivity index (χ0n) is 12.5. The van der Waals surface area contributed by atoms with Crippen LogP contribution in [0, 0.1) is 26.7 Å². The van der Waals surface area contributed by atoms with E-state index in [2.05, 4.69) is 26.5 Å². The van der Waals surface area contributed by atoms with Gasteiger partial charge in [-0.2, -0.15) is 5.26 Å². The maximum Gasteiger partial charge on any atom is 1.00 e. The van der Waals surface area contributed by atoms with Crippen molar-refractivity contribution in [3.05, 3.63) is 0 Å². The molecule has 0 aromatic carbocycles. The minimum atomic E-state index is 0. The first-order chi connectivity index (χ1) is 9.09. The number of hydrogen-bond acceptors (Lipinski definition) is 5. The fourth-order valence-corrected chi connectivity index (χ4v) is 3.00.